The second kappa shape index (κ2) is 19.6. The maximum atomic E-state index is 14.0. The number of fused-ring (bicyclic) bond motifs is 7. The molecule has 0 bridgehead atoms. The van der Waals surface area contributed by atoms with Gasteiger partial charge in [-0.3, -0.25) is 9.59 Å². The number of rotatable bonds is 9. The molecule has 0 aliphatic heterocycles. The first-order valence-electron chi connectivity index (χ1n) is 22.0. The van der Waals surface area contributed by atoms with Gasteiger partial charge in [0.25, 0.3) is 5.89 Å². The fraction of sp³-hybridized carbons (Fsp3) is 0.640. The van der Waals surface area contributed by atoms with E-state index in [2.05, 4.69) is 81.3 Å². The number of nitrogens with zero attached hydrogens (tertiary/aromatic N) is 4. The van der Waals surface area contributed by atoms with Crippen molar-refractivity contribution >= 4 is 18.0 Å². The largest absolute Gasteiger partial charge is 0.486 e. The maximum Gasteiger partial charge on any atom is 0.309 e. The number of aliphatic hydroxyl groups excluding tert-OH is 1. The number of aromatic nitrogens is 3. The number of hydrogen-bond donors (Lipinski definition) is 2. The third-order valence-electron chi connectivity index (χ3n) is 15.0. The number of carbonyl (C=O) groups is 3. The van der Waals surface area contributed by atoms with Crippen LogP contribution in [0.2, 0.25) is 0 Å². The third kappa shape index (κ3) is 9.13. The minimum atomic E-state index is -0.946. The third-order valence-corrected chi connectivity index (χ3v) is 15.0. The molecule has 61 heavy (non-hydrogen) atoms. The molecule has 4 fully saturated rings. The summed E-state index contributed by atoms with van der Waals surface area (Å²) in [4.78, 5) is 39.8. The van der Waals surface area contributed by atoms with Gasteiger partial charge in [-0.1, -0.05) is 60.8 Å². The van der Waals surface area contributed by atoms with Crippen molar-refractivity contribution in [3.8, 4) is 17.7 Å². The van der Waals surface area contributed by atoms with Crippen molar-refractivity contribution in [3.05, 3.63) is 72.2 Å². The highest BCUT2D eigenvalue weighted by Crippen LogP contribution is 2.72. The summed E-state index contributed by atoms with van der Waals surface area (Å²) in [5.41, 5.74) is 4.95. The molecule has 5 aliphatic carbocycles. The van der Waals surface area contributed by atoms with Crippen LogP contribution in [0.5, 0.6) is 0 Å². The molecule has 2 heterocycles. The van der Waals surface area contributed by atoms with Gasteiger partial charge in [-0.15, -0.1) is 23.4 Å². The number of nitriles is 1. The molecule has 332 valence electrons. The molecule has 11 nitrogen and oxygen atoms in total. The van der Waals surface area contributed by atoms with Crippen molar-refractivity contribution in [2.45, 2.75) is 138 Å². The number of aliphatic carboxylic acids is 1. The molecule has 4 saturated carbocycles. The number of pyridine rings is 1. The highest BCUT2D eigenvalue weighted by Gasteiger charge is 2.66. The monoisotopic (exact) mass is 839 g/mol. The van der Waals surface area contributed by atoms with Crippen LogP contribution in [-0.2, 0) is 24.5 Å². The lowest BCUT2D eigenvalue weighted by Crippen LogP contribution is -2.60. The summed E-state index contributed by atoms with van der Waals surface area (Å²) in [6.45, 7) is 28.8. The van der Waals surface area contributed by atoms with Crippen molar-refractivity contribution in [3.63, 3.8) is 0 Å². The molecule has 5 aliphatic rings. The predicted octanol–water partition coefficient (Wildman–Crippen LogP) is 10.3. The van der Waals surface area contributed by atoms with Crippen LogP contribution in [0.4, 0.5) is 0 Å². The van der Waals surface area contributed by atoms with Crippen LogP contribution >= 0.6 is 0 Å². The summed E-state index contributed by atoms with van der Waals surface area (Å²) in [6, 6.07) is 5.53. The molecule has 2 aromatic rings. The van der Waals surface area contributed by atoms with Gasteiger partial charge in [-0.25, -0.2) is 4.98 Å². The van der Waals surface area contributed by atoms with Crippen LogP contribution < -0.4 is 0 Å². The molecule has 2 aromatic heterocycles. The second-order valence-corrected chi connectivity index (χ2v) is 19.6. The number of allylic oxidation sites excluding steroid dienone is 3. The standard InChI is InChI=1S/C43H54N4O5.C4H8O.C2H4.CH4O/c1-9-27(20-40(5,6)39(49)50)51-33-16-18-41(7)29(25(33)4)14-17-42(8)30-15-19-43(38-47-46-37(52-38)31-12-10-26(22-44)23-45-31)21-32(48)35(24(2)3)36(43)28(30)11-13-34(41)42;1-4(2)3-5;2*1-2/h10,12,23-25,28-30,33-34H,1,11,13-21H2,2-8H3,(H,49,50);3-4H,1-2H3;1-2H2;2H,1H3. The lowest BCUT2D eigenvalue weighted by Gasteiger charge is -2.67. The molecule has 11 heteroatoms. The fourth-order valence-electron chi connectivity index (χ4n) is 12.2. The first-order chi connectivity index (χ1) is 28.9. The molecular formula is C50H70N4O7. The van der Waals surface area contributed by atoms with E-state index in [1.54, 1.807) is 26.0 Å². The number of carbonyl (C=O) groups excluding carboxylic acids is 2. The number of Topliss-reactive ketones (excluding diaryl/α,β-unsaturated/α-hetero) is 1. The van der Waals surface area contributed by atoms with E-state index in [-0.39, 0.29) is 46.9 Å². The molecule has 0 radical (unpaired) electrons. The van der Waals surface area contributed by atoms with Crippen LogP contribution in [0, 0.1) is 69.0 Å². The summed E-state index contributed by atoms with van der Waals surface area (Å²) < 4.78 is 13.0. The zero-order chi connectivity index (χ0) is 45.7. The average Bonchev–Trinajstić information content (AvgIpc) is 3.87. The minimum Gasteiger partial charge on any atom is -0.486 e. The van der Waals surface area contributed by atoms with E-state index < -0.39 is 16.8 Å². The van der Waals surface area contributed by atoms with Gasteiger partial charge in [0.1, 0.15) is 29.9 Å². The van der Waals surface area contributed by atoms with Gasteiger partial charge in [-0.05, 0) is 135 Å². The van der Waals surface area contributed by atoms with Crippen molar-refractivity contribution in [1.29, 1.82) is 5.26 Å². The zero-order valence-corrected chi connectivity index (χ0v) is 38.3. The van der Waals surface area contributed by atoms with Crippen LogP contribution in [0.15, 0.2) is 65.1 Å². The van der Waals surface area contributed by atoms with Crippen molar-refractivity contribution in [2.24, 2.45) is 57.7 Å². The molecule has 2 N–H and O–H groups in total. The lowest BCUT2D eigenvalue weighted by atomic mass is 9.38. The Morgan fingerprint density at radius 1 is 1.03 bits per heavy atom. The van der Waals surface area contributed by atoms with Gasteiger partial charge in [0.05, 0.1) is 16.4 Å². The Labute approximate surface area is 363 Å². The second-order valence-electron chi connectivity index (χ2n) is 19.6. The topological polar surface area (TPSA) is 176 Å². The average molecular weight is 839 g/mol. The Bertz CT molecular complexity index is 2020. The van der Waals surface area contributed by atoms with Gasteiger partial charge >= 0.3 is 5.97 Å². The highest BCUT2D eigenvalue weighted by molar-refractivity contribution is 6.01. The summed E-state index contributed by atoms with van der Waals surface area (Å²) in [5.74, 6) is 3.24. The SMILES string of the molecule is C=C.C=C=C(CC(C)(C)C(=O)O)OC1CCC2(C)C(CCC3(C)C4CCC5(c6nnc(-c7ccc(C#N)cn7)o6)CC(=O)C(C(C)C)=C5C4CCC32)C1C.CC(C)C=O.CO. The van der Waals surface area contributed by atoms with E-state index >= 15 is 0 Å². The maximum absolute atomic E-state index is 14.0. The molecule has 9 atom stereocenters. The lowest BCUT2D eigenvalue weighted by molar-refractivity contribution is -0.180. The summed E-state index contributed by atoms with van der Waals surface area (Å²) in [7, 11) is 1.00. The molecule has 0 aromatic carbocycles. The van der Waals surface area contributed by atoms with E-state index in [1.807, 2.05) is 13.8 Å². The van der Waals surface area contributed by atoms with Gasteiger partial charge < -0.3 is 24.2 Å². The van der Waals surface area contributed by atoms with E-state index in [0.717, 1.165) is 70.3 Å². The Hall–Kier alpha value is -4.65. The number of aldehydes is 1. The molecule has 0 amide bonds. The van der Waals surface area contributed by atoms with E-state index in [1.165, 1.54) is 11.8 Å². The Morgan fingerprint density at radius 3 is 2.21 bits per heavy atom. The number of ether oxygens (including phenoxy) is 1. The first-order valence-corrected chi connectivity index (χ1v) is 22.0. The van der Waals surface area contributed by atoms with Gasteiger partial charge in [0, 0.05) is 32.1 Å². The molecule has 7 rings (SSSR count). The predicted molar refractivity (Wildman–Crippen MR) is 236 cm³/mol. The molecule has 0 spiro atoms. The van der Waals surface area contributed by atoms with Gasteiger partial charge in [0.2, 0.25) is 5.89 Å². The van der Waals surface area contributed by atoms with E-state index in [4.69, 9.17) is 14.3 Å². The number of carboxylic acids is 1. The van der Waals surface area contributed by atoms with Crippen LogP contribution in [-0.4, -0.2) is 56.6 Å². The number of hydrogen-bond acceptors (Lipinski definition) is 10. The van der Waals surface area contributed by atoms with E-state index in [9.17, 15) is 24.8 Å². The van der Waals surface area contributed by atoms with Crippen LogP contribution in [0.1, 0.15) is 138 Å². The van der Waals surface area contributed by atoms with Crippen molar-refractivity contribution in [1.82, 2.24) is 15.2 Å². The van der Waals surface area contributed by atoms with E-state index in [0.29, 0.717) is 58.9 Å². The van der Waals surface area contributed by atoms with Crippen LogP contribution in [0.25, 0.3) is 11.6 Å². The summed E-state index contributed by atoms with van der Waals surface area (Å²) in [5, 5.41) is 35.0. The fourth-order valence-corrected chi connectivity index (χ4v) is 12.2. The smallest absolute Gasteiger partial charge is 0.309 e. The Kier molecular flexibility index (Phi) is 15.7. The normalized spacial score (nSPS) is 31.1. The Balaban J connectivity index is 0.000000838. The van der Waals surface area contributed by atoms with Crippen molar-refractivity contribution < 1.29 is 33.8 Å². The van der Waals surface area contributed by atoms with Crippen LogP contribution in [0.3, 0.4) is 0 Å². The first kappa shape index (κ1) is 49.0. The molecule has 9 unspecified atom stereocenters. The van der Waals surface area contributed by atoms with Crippen molar-refractivity contribution in [2.75, 3.05) is 7.11 Å². The number of ketones is 1. The highest BCUT2D eigenvalue weighted by atomic mass is 16.5. The summed E-state index contributed by atoms with van der Waals surface area (Å²) in [6.07, 6.45) is 11.4. The van der Waals surface area contributed by atoms with Gasteiger partial charge in [-0.2, -0.15) is 5.26 Å². The molecule has 0 saturated heterocycles. The zero-order valence-electron chi connectivity index (χ0n) is 38.3. The molecular weight excluding hydrogens is 769 g/mol. The number of aliphatic hydroxyl groups is 1. The number of carboxylic acid groups (broad SMARTS) is 1. The Morgan fingerprint density at radius 2 is 1.66 bits per heavy atom. The minimum absolute atomic E-state index is 0.0185. The summed E-state index contributed by atoms with van der Waals surface area (Å²) >= 11 is 0. The quantitative estimate of drug-likeness (QED) is 0.106. The van der Waals surface area contributed by atoms with Gasteiger partial charge in [0.15, 0.2) is 5.78 Å².